The van der Waals surface area contributed by atoms with Crippen LogP contribution in [0.3, 0.4) is 0 Å². The lowest BCUT2D eigenvalue weighted by atomic mass is 10.2. The van der Waals surface area contributed by atoms with Crippen LogP contribution in [0.25, 0.3) is 0 Å². The molecule has 1 amide bonds. The Labute approximate surface area is 140 Å². The third-order valence-electron chi connectivity index (χ3n) is 3.14. The summed E-state index contributed by atoms with van der Waals surface area (Å²) in [6.45, 7) is 3.08. The van der Waals surface area contributed by atoms with Crippen LogP contribution in [0, 0.1) is 5.82 Å². The normalized spacial score (nSPS) is 10.3. The van der Waals surface area contributed by atoms with E-state index >= 15 is 0 Å². The van der Waals surface area contributed by atoms with Crippen molar-refractivity contribution < 1.29 is 13.9 Å². The first kappa shape index (κ1) is 17.3. The molecule has 0 heterocycles. The Kier molecular flexibility index (Phi) is 6.94. The minimum Gasteiger partial charge on any atom is -0.494 e. The predicted molar refractivity (Wildman–Crippen MR) is 92.0 cm³/mol. The summed E-state index contributed by atoms with van der Waals surface area (Å²) in [4.78, 5) is 11.8. The zero-order valence-electron chi connectivity index (χ0n) is 13.0. The summed E-state index contributed by atoms with van der Waals surface area (Å²) >= 11 is 1.51. The van der Waals surface area contributed by atoms with Gasteiger partial charge >= 0.3 is 0 Å². The molecule has 0 aromatic heterocycles. The number of carbonyl (C=O) groups excluding carboxylic acids is 1. The molecule has 0 aliphatic carbocycles. The van der Waals surface area contributed by atoms with Crippen molar-refractivity contribution in [2.75, 3.05) is 12.4 Å². The van der Waals surface area contributed by atoms with E-state index < -0.39 is 0 Å². The van der Waals surface area contributed by atoms with Crippen LogP contribution >= 0.6 is 11.8 Å². The average Bonchev–Trinajstić information content (AvgIpc) is 2.56. The maximum Gasteiger partial charge on any atom is 0.230 e. The van der Waals surface area contributed by atoms with Crippen LogP contribution < -0.4 is 10.1 Å². The molecule has 0 spiro atoms. The van der Waals surface area contributed by atoms with Crippen LogP contribution in [0.5, 0.6) is 5.75 Å². The van der Waals surface area contributed by atoms with Gasteiger partial charge in [0.15, 0.2) is 0 Å². The second-order valence-electron chi connectivity index (χ2n) is 4.97. The Morgan fingerprint density at radius 1 is 1.09 bits per heavy atom. The lowest BCUT2D eigenvalue weighted by Gasteiger charge is -2.07. The van der Waals surface area contributed by atoms with Gasteiger partial charge in [-0.05, 0) is 42.3 Å². The fourth-order valence-corrected chi connectivity index (χ4v) is 2.78. The van der Waals surface area contributed by atoms with Gasteiger partial charge in [0.2, 0.25) is 5.91 Å². The first-order valence-electron chi connectivity index (χ1n) is 7.48. The third-order valence-corrected chi connectivity index (χ3v) is 4.14. The van der Waals surface area contributed by atoms with Gasteiger partial charge in [-0.1, -0.05) is 24.3 Å². The monoisotopic (exact) mass is 333 g/mol. The fraction of sp³-hybridized carbons (Fsp3) is 0.278. The number of ether oxygens (including phenoxy) is 1. The number of thioether (sulfide) groups is 1. The highest BCUT2D eigenvalue weighted by atomic mass is 32.2. The highest BCUT2D eigenvalue weighted by Crippen LogP contribution is 2.13. The first-order chi connectivity index (χ1) is 11.2. The molecular weight excluding hydrogens is 313 g/mol. The van der Waals surface area contributed by atoms with Gasteiger partial charge in [-0.15, -0.1) is 11.8 Å². The van der Waals surface area contributed by atoms with Crippen LogP contribution in [0.4, 0.5) is 4.39 Å². The second-order valence-corrected chi connectivity index (χ2v) is 5.96. The molecule has 5 heteroatoms. The molecule has 122 valence electrons. The summed E-state index contributed by atoms with van der Waals surface area (Å²) in [5.41, 5.74) is 2.04. The first-order valence-corrected chi connectivity index (χ1v) is 8.63. The van der Waals surface area contributed by atoms with Crippen LogP contribution in [0.2, 0.25) is 0 Å². The van der Waals surface area contributed by atoms with Crippen molar-refractivity contribution in [1.82, 2.24) is 5.32 Å². The number of hydrogen-bond donors (Lipinski definition) is 1. The summed E-state index contributed by atoms with van der Waals surface area (Å²) < 4.78 is 18.2. The van der Waals surface area contributed by atoms with E-state index in [0.29, 0.717) is 24.7 Å². The highest BCUT2D eigenvalue weighted by Gasteiger charge is 2.03. The van der Waals surface area contributed by atoms with Crippen LogP contribution in [0.15, 0.2) is 48.5 Å². The van der Waals surface area contributed by atoms with E-state index in [1.54, 1.807) is 12.1 Å². The molecule has 2 aromatic carbocycles. The largest absolute Gasteiger partial charge is 0.494 e. The highest BCUT2D eigenvalue weighted by molar-refractivity contribution is 7.99. The van der Waals surface area contributed by atoms with Crippen molar-refractivity contribution >= 4 is 17.7 Å². The minimum atomic E-state index is -0.244. The number of nitrogens with one attached hydrogen (secondary N) is 1. The van der Waals surface area contributed by atoms with E-state index in [0.717, 1.165) is 16.9 Å². The summed E-state index contributed by atoms with van der Waals surface area (Å²) in [6.07, 6.45) is 0. The Morgan fingerprint density at radius 3 is 2.39 bits per heavy atom. The van der Waals surface area contributed by atoms with Crippen LogP contribution in [-0.2, 0) is 17.1 Å². The number of hydrogen-bond acceptors (Lipinski definition) is 3. The van der Waals surface area contributed by atoms with E-state index in [-0.39, 0.29) is 11.7 Å². The molecule has 1 N–H and O–H groups in total. The standard InChI is InChI=1S/C18H20FNO2S/c1-2-22-17-9-5-14(6-10-17)11-20-18(21)13-23-12-15-3-7-16(19)8-4-15/h3-10H,2,11-13H2,1H3,(H,20,21). The molecule has 0 saturated carbocycles. The zero-order valence-corrected chi connectivity index (χ0v) is 13.9. The molecule has 2 aromatic rings. The van der Waals surface area contributed by atoms with Gasteiger partial charge in [-0.25, -0.2) is 4.39 Å². The fourth-order valence-electron chi connectivity index (χ4n) is 1.96. The minimum absolute atomic E-state index is 0.00834. The van der Waals surface area contributed by atoms with Crippen molar-refractivity contribution in [2.24, 2.45) is 0 Å². The van der Waals surface area contributed by atoms with E-state index in [2.05, 4.69) is 5.32 Å². The van der Waals surface area contributed by atoms with Gasteiger partial charge in [-0.2, -0.15) is 0 Å². The smallest absolute Gasteiger partial charge is 0.230 e. The van der Waals surface area contributed by atoms with Gasteiger partial charge in [0.05, 0.1) is 12.4 Å². The average molecular weight is 333 g/mol. The van der Waals surface area contributed by atoms with Crippen molar-refractivity contribution in [3.8, 4) is 5.75 Å². The van der Waals surface area contributed by atoms with E-state index in [1.807, 2.05) is 31.2 Å². The summed E-state index contributed by atoms with van der Waals surface area (Å²) in [5, 5.41) is 2.89. The molecule has 23 heavy (non-hydrogen) atoms. The number of benzene rings is 2. The van der Waals surface area contributed by atoms with Gasteiger partial charge in [0, 0.05) is 12.3 Å². The molecular formula is C18H20FNO2S. The van der Waals surface area contributed by atoms with E-state index in [9.17, 15) is 9.18 Å². The molecule has 3 nitrogen and oxygen atoms in total. The Morgan fingerprint density at radius 2 is 1.74 bits per heavy atom. The third kappa shape index (κ3) is 6.32. The number of rotatable bonds is 8. The summed E-state index contributed by atoms with van der Waals surface area (Å²) in [5.74, 6) is 1.65. The molecule has 0 atom stereocenters. The van der Waals surface area contributed by atoms with Gasteiger partial charge in [0.25, 0.3) is 0 Å². The number of carbonyl (C=O) groups is 1. The number of amides is 1. The maximum absolute atomic E-state index is 12.8. The van der Waals surface area contributed by atoms with Gasteiger partial charge < -0.3 is 10.1 Å². The molecule has 0 unspecified atom stereocenters. The maximum atomic E-state index is 12.8. The van der Waals surface area contributed by atoms with Crippen molar-refractivity contribution in [3.05, 3.63) is 65.5 Å². The van der Waals surface area contributed by atoms with Gasteiger partial charge in [-0.3, -0.25) is 4.79 Å². The van der Waals surface area contributed by atoms with Gasteiger partial charge in [0.1, 0.15) is 11.6 Å². The summed E-state index contributed by atoms with van der Waals surface area (Å²) in [7, 11) is 0. The molecule has 0 aliphatic heterocycles. The molecule has 0 bridgehead atoms. The van der Waals surface area contributed by atoms with E-state index in [1.165, 1.54) is 23.9 Å². The SMILES string of the molecule is CCOc1ccc(CNC(=O)CSCc2ccc(F)cc2)cc1. The van der Waals surface area contributed by atoms with Crippen molar-refractivity contribution in [3.63, 3.8) is 0 Å². The molecule has 0 fully saturated rings. The molecule has 0 saturated heterocycles. The molecule has 0 radical (unpaired) electrons. The topological polar surface area (TPSA) is 38.3 Å². The quantitative estimate of drug-likeness (QED) is 0.799. The predicted octanol–water partition coefficient (Wildman–Crippen LogP) is 3.77. The molecule has 0 aliphatic rings. The lowest BCUT2D eigenvalue weighted by Crippen LogP contribution is -2.24. The Hall–Kier alpha value is -2.01. The lowest BCUT2D eigenvalue weighted by molar-refractivity contribution is -0.118. The Balaban J connectivity index is 1.67. The second kappa shape index (κ2) is 9.20. The van der Waals surface area contributed by atoms with Crippen molar-refractivity contribution in [2.45, 2.75) is 19.2 Å². The van der Waals surface area contributed by atoms with Crippen molar-refractivity contribution in [1.29, 1.82) is 0 Å². The summed E-state index contributed by atoms with van der Waals surface area (Å²) in [6, 6.07) is 14.0. The molecule has 2 rings (SSSR count). The Bertz CT molecular complexity index is 614. The zero-order chi connectivity index (χ0) is 16.5. The van der Waals surface area contributed by atoms with Crippen LogP contribution in [-0.4, -0.2) is 18.3 Å². The number of halogens is 1. The van der Waals surface area contributed by atoms with Crippen LogP contribution in [0.1, 0.15) is 18.1 Å². The van der Waals surface area contributed by atoms with E-state index in [4.69, 9.17) is 4.74 Å².